The molecular weight excluding hydrogens is 324 g/mol. The summed E-state index contributed by atoms with van der Waals surface area (Å²) in [6, 6.07) is 4.90. The predicted octanol–water partition coefficient (Wildman–Crippen LogP) is 4.36. The normalized spacial score (nSPS) is 25.5. The van der Waals surface area contributed by atoms with Crippen LogP contribution in [0.3, 0.4) is 0 Å². The fraction of sp³-hybridized carbons (Fsp3) is 0.591. The van der Waals surface area contributed by atoms with E-state index in [1.165, 1.54) is 61.2 Å². The highest BCUT2D eigenvalue weighted by Gasteiger charge is 2.26. The number of hydrogen-bond donors (Lipinski definition) is 0. The molecule has 140 valence electrons. The molecule has 1 aromatic rings. The molecule has 0 spiro atoms. The average Bonchev–Trinajstić information content (AvgIpc) is 2.62. The van der Waals surface area contributed by atoms with Gasteiger partial charge in [0.25, 0.3) is 0 Å². The van der Waals surface area contributed by atoms with Gasteiger partial charge in [0.05, 0.1) is 0 Å². The van der Waals surface area contributed by atoms with Crippen LogP contribution in [0.1, 0.15) is 56.7 Å². The van der Waals surface area contributed by atoms with Crippen molar-refractivity contribution >= 4 is 17.7 Å². The van der Waals surface area contributed by atoms with Gasteiger partial charge < -0.3 is 14.4 Å². The zero-order valence-corrected chi connectivity index (χ0v) is 16.3. The maximum Gasteiger partial charge on any atom is 0.219 e. The highest BCUT2D eigenvalue weighted by atomic mass is 16.6. The first-order valence-electron chi connectivity index (χ1n) is 10.1. The molecule has 4 nitrogen and oxygen atoms in total. The molecule has 0 amide bonds. The predicted molar refractivity (Wildman–Crippen MR) is 107 cm³/mol. The van der Waals surface area contributed by atoms with Gasteiger partial charge in [0.15, 0.2) is 0 Å². The number of aliphatic imine (C=N–C) groups is 1. The standard InChI is InChI=1S/C22H30N2O2/c1-4-20-22(23-15(2)3)26-19(14-25-20)13-16-11-17-7-5-9-24-10-6-8-18(12-16)21(17)24/h11-13,15,20H,4-10,14H2,1-3H3/b19-13+,23-22?. The summed E-state index contributed by atoms with van der Waals surface area (Å²) in [6.07, 6.45) is 7.90. The molecule has 4 heteroatoms. The minimum absolute atomic E-state index is 0.0206. The van der Waals surface area contributed by atoms with Crippen molar-refractivity contribution in [3.63, 3.8) is 0 Å². The largest absolute Gasteiger partial charge is 0.442 e. The summed E-state index contributed by atoms with van der Waals surface area (Å²) >= 11 is 0. The average molecular weight is 354 g/mol. The summed E-state index contributed by atoms with van der Waals surface area (Å²) in [6.45, 7) is 9.20. The molecule has 0 aliphatic carbocycles. The second-order valence-electron chi connectivity index (χ2n) is 7.86. The van der Waals surface area contributed by atoms with Crippen molar-refractivity contribution in [1.82, 2.24) is 0 Å². The molecule has 1 atom stereocenters. The molecule has 3 aliphatic heterocycles. The van der Waals surface area contributed by atoms with Gasteiger partial charge in [-0.1, -0.05) is 6.92 Å². The number of ether oxygens (including phenoxy) is 2. The Morgan fingerprint density at radius 2 is 1.88 bits per heavy atom. The lowest BCUT2D eigenvalue weighted by atomic mass is 9.90. The van der Waals surface area contributed by atoms with Crippen molar-refractivity contribution in [3.8, 4) is 0 Å². The SMILES string of the molecule is CCC1OC/C(=C\c2cc3c4c(c2)CCCN4CCC3)OC1=NC(C)C. The summed E-state index contributed by atoms with van der Waals surface area (Å²) in [5, 5.41) is 0. The Labute approximate surface area is 156 Å². The molecule has 3 aliphatic rings. The monoisotopic (exact) mass is 354 g/mol. The van der Waals surface area contributed by atoms with Crippen LogP contribution in [-0.4, -0.2) is 37.7 Å². The third-order valence-electron chi connectivity index (χ3n) is 5.38. The van der Waals surface area contributed by atoms with Gasteiger partial charge in [0, 0.05) is 24.8 Å². The molecule has 1 aromatic carbocycles. The van der Waals surface area contributed by atoms with E-state index in [2.05, 4.69) is 48.9 Å². The summed E-state index contributed by atoms with van der Waals surface area (Å²) in [7, 11) is 0. The van der Waals surface area contributed by atoms with Gasteiger partial charge in [0.1, 0.15) is 18.5 Å². The van der Waals surface area contributed by atoms with Crippen LogP contribution in [-0.2, 0) is 22.3 Å². The van der Waals surface area contributed by atoms with Crippen LogP contribution in [0.5, 0.6) is 0 Å². The first-order valence-corrected chi connectivity index (χ1v) is 10.1. The molecule has 0 bridgehead atoms. The fourth-order valence-electron chi connectivity index (χ4n) is 4.31. The highest BCUT2D eigenvalue weighted by Crippen LogP contribution is 2.36. The van der Waals surface area contributed by atoms with Gasteiger partial charge in [-0.2, -0.15) is 0 Å². The Kier molecular flexibility index (Phi) is 5.03. The molecule has 1 saturated heterocycles. The minimum atomic E-state index is -0.0206. The van der Waals surface area contributed by atoms with Crippen molar-refractivity contribution in [2.24, 2.45) is 4.99 Å². The van der Waals surface area contributed by atoms with Gasteiger partial charge in [-0.05, 0) is 80.9 Å². The number of hydrogen-bond acceptors (Lipinski definition) is 4. The van der Waals surface area contributed by atoms with Crippen LogP contribution in [0.2, 0.25) is 0 Å². The van der Waals surface area contributed by atoms with Crippen LogP contribution >= 0.6 is 0 Å². The van der Waals surface area contributed by atoms with Crippen molar-refractivity contribution < 1.29 is 9.47 Å². The Morgan fingerprint density at radius 1 is 1.19 bits per heavy atom. The molecule has 0 aromatic heterocycles. The zero-order valence-electron chi connectivity index (χ0n) is 16.3. The molecule has 0 radical (unpaired) electrons. The second-order valence-corrected chi connectivity index (χ2v) is 7.86. The topological polar surface area (TPSA) is 34.1 Å². The van der Waals surface area contributed by atoms with E-state index in [1.54, 1.807) is 0 Å². The fourth-order valence-corrected chi connectivity index (χ4v) is 4.31. The molecule has 4 rings (SSSR count). The van der Waals surface area contributed by atoms with Crippen molar-refractivity contribution in [1.29, 1.82) is 0 Å². The van der Waals surface area contributed by atoms with Crippen LogP contribution in [0.25, 0.3) is 6.08 Å². The lowest BCUT2D eigenvalue weighted by molar-refractivity contribution is 0.0489. The van der Waals surface area contributed by atoms with E-state index in [0.29, 0.717) is 6.61 Å². The quantitative estimate of drug-likeness (QED) is 0.809. The lowest BCUT2D eigenvalue weighted by Gasteiger charge is -2.37. The third-order valence-corrected chi connectivity index (χ3v) is 5.38. The van der Waals surface area contributed by atoms with E-state index >= 15 is 0 Å². The second kappa shape index (κ2) is 7.43. The van der Waals surface area contributed by atoms with Crippen molar-refractivity contribution in [2.45, 2.75) is 65.0 Å². The number of aryl methyl sites for hydroxylation is 2. The van der Waals surface area contributed by atoms with E-state index in [9.17, 15) is 0 Å². The van der Waals surface area contributed by atoms with Crippen LogP contribution in [0, 0.1) is 0 Å². The maximum atomic E-state index is 6.13. The van der Waals surface area contributed by atoms with E-state index in [4.69, 9.17) is 9.47 Å². The zero-order chi connectivity index (χ0) is 18.1. The molecule has 26 heavy (non-hydrogen) atoms. The molecular formula is C22H30N2O2. The molecule has 0 N–H and O–H groups in total. The summed E-state index contributed by atoms with van der Waals surface area (Å²) < 4.78 is 12.1. The van der Waals surface area contributed by atoms with E-state index in [1.807, 2.05) is 0 Å². The van der Waals surface area contributed by atoms with Crippen LogP contribution < -0.4 is 4.90 Å². The van der Waals surface area contributed by atoms with Crippen molar-refractivity contribution in [3.05, 3.63) is 34.6 Å². The van der Waals surface area contributed by atoms with Gasteiger partial charge in [-0.25, -0.2) is 0 Å². The summed E-state index contributed by atoms with van der Waals surface area (Å²) in [4.78, 5) is 7.20. The van der Waals surface area contributed by atoms with Crippen molar-refractivity contribution in [2.75, 3.05) is 24.6 Å². The Bertz CT molecular complexity index is 705. The highest BCUT2D eigenvalue weighted by molar-refractivity contribution is 5.83. The number of anilines is 1. The van der Waals surface area contributed by atoms with Gasteiger partial charge in [-0.3, -0.25) is 4.99 Å². The van der Waals surface area contributed by atoms with E-state index in [0.717, 1.165) is 18.1 Å². The Balaban J connectivity index is 1.62. The minimum Gasteiger partial charge on any atom is -0.442 e. The summed E-state index contributed by atoms with van der Waals surface area (Å²) in [5.41, 5.74) is 5.75. The van der Waals surface area contributed by atoms with Crippen LogP contribution in [0.15, 0.2) is 22.9 Å². The first-order chi connectivity index (χ1) is 12.6. The first kappa shape index (κ1) is 17.6. The van der Waals surface area contributed by atoms with Gasteiger partial charge in [-0.15, -0.1) is 0 Å². The number of nitrogens with zero attached hydrogens (tertiary/aromatic N) is 2. The Hall–Kier alpha value is -1.81. The molecule has 1 unspecified atom stereocenters. The molecule has 1 fully saturated rings. The van der Waals surface area contributed by atoms with Crippen LogP contribution in [0.4, 0.5) is 5.69 Å². The van der Waals surface area contributed by atoms with Gasteiger partial charge in [0.2, 0.25) is 5.90 Å². The Morgan fingerprint density at radius 3 is 2.50 bits per heavy atom. The van der Waals surface area contributed by atoms with E-state index in [-0.39, 0.29) is 12.1 Å². The number of benzene rings is 1. The maximum absolute atomic E-state index is 6.13. The van der Waals surface area contributed by atoms with Gasteiger partial charge >= 0.3 is 0 Å². The van der Waals surface area contributed by atoms with E-state index < -0.39 is 0 Å². The molecule has 3 heterocycles. The summed E-state index contributed by atoms with van der Waals surface area (Å²) in [5.74, 6) is 1.59. The lowest BCUT2D eigenvalue weighted by Crippen LogP contribution is -2.34. The smallest absolute Gasteiger partial charge is 0.219 e. The third kappa shape index (κ3) is 3.52. The number of rotatable bonds is 3. The molecule has 0 saturated carbocycles.